The van der Waals surface area contributed by atoms with Crippen molar-refractivity contribution in [2.75, 3.05) is 39.4 Å². The van der Waals surface area contributed by atoms with E-state index in [1.54, 1.807) is 0 Å². The first-order valence-corrected chi connectivity index (χ1v) is 6.45. The van der Waals surface area contributed by atoms with Crippen molar-refractivity contribution in [2.24, 2.45) is 0 Å². The molecule has 0 aromatic heterocycles. The van der Waals surface area contributed by atoms with Gasteiger partial charge >= 0.3 is 0 Å². The monoisotopic (exact) mass is 282 g/mol. The molecule has 19 heavy (non-hydrogen) atoms. The van der Waals surface area contributed by atoms with Crippen molar-refractivity contribution in [2.45, 2.75) is 32.8 Å². The lowest BCUT2D eigenvalue weighted by Crippen LogP contribution is -2.41. The molecule has 0 aliphatic heterocycles. The van der Waals surface area contributed by atoms with Gasteiger partial charge in [0.2, 0.25) is 5.91 Å². The molecule has 1 amide bonds. The summed E-state index contributed by atoms with van der Waals surface area (Å²) in [5, 5.41) is 11.4. The minimum atomic E-state index is -2.52. The first-order valence-electron chi connectivity index (χ1n) is 6.45. The zero-order valence-corrected chi connectivity index (χ0v) is 11.6. The molecular weight excluding hydrogens is 258 g/mol. The topological polar surface area (TPSA) is 61.8 Å². The number of hydrogen-bond donors (Lipinski definition) is 2. The first kappa shape index (κ1) is 18.2. The van der Waals surface area contributed by atoms with Gasteiger partial charge in [-0.3, -0.25) is 9.69 Å². The van der Waals surface area contributed by atoms with Crippen molar-refractivity contribution in [3.63, 3.8) is 0 Å². The van der Waals surface area contributed by atoms with E-state index in [0.29, 0.717) is 19.6 Å². The van der Waals surface area contributed by atoms with Gasteiger partial charge in [0, 0.05) is 19.7 Å². The minimum Gasteiger partial charge on any atom is -0.395 e. The van der Waals surface area contributed by atoms with Crippen LogP contribution in [0, 0.1) is 0 Å². The van der Waals surface area contributed by atoms with Crippen LogP contribution in [0.4, 0.5) is 8.78 Å². The summed E-state index contributed by atoms with van der Waals surface area (Å²) in [6.07, 6.45) is -1.68. The Bertz CT molecular complexity index is 241. The molecule has 0 fully saturated rings. The summed E-state index contributed by atoms with van der Waals surface area (Å²) < 4.78 is 29.7. The lowest BCUT2D eigenvalue weighted by atomic mass is 10.4. The molecule has 0 saturated heterocycles. The number of amides is 1. The molecule has 0 aliphatic carbocycles. The van der Waals surface area contributed by atoms with Crippen LogP contribution in [0.1, 0.15) is 20.3 Å². The predicted molar refractivity (Wildman–Crippen MR) is 68.2 cm³/mol. The molecular formula is C12H24F2N2O3. The third-order valence-corrected chi connectivity index (χ3v) is 2.27. The average molecular weight is 282 g/mol. The maximum absolute atomic E-state index is 12.2. The van der Waals surface area contributed by atoms with E-state index in [1.165, 1.54) is 4.90 Å². The van der Waals surface area contributed by atoms with Crippen molar-refractivity contribution < 1.29 is 23.4 Å². The number of nitrogens with zero attached hydrogens (tertiary/aromatic N) is 1. The van der Waals surface area contributed by atoms with Crippen molar-refractivity contribution in [3.05, 3.63) is 0 Å². The van der Waals surface area contributed by atoms with Crippen LogP contribution in [-0.4, -0.2) is 67.8 Å². The smallest absolute Gasteiger partial charge is 0.251 e. The van der Waals surface area contributed by atoms with Gasteiger partial charge in [-0.05, 0) is 20.3 Å². The minimum absolute atomic E-state index is 0.0637. The van der Waals surface area contributed by atoms with Gasteiger partial charge in [0.15, 0.2) is 0 Å². The highest BCUT2D eigenvalue weighted by Crippen LogP contribution is 1.97. The lowest BCUT2D eigenvalue weighted by molar-refractivity contribution is -0.122. The van der Waals surface area contributed by atoms with Gasteiger partial charge in [-0.25, -0.2) is 8.78 Å². The largest absolute Gasteiger partial charge is 0.395 e. The van der Waals surface area contributed by atoms with E-state index in [0.717, 1.165) is 0 Å². The molecule has 0 radical (unpaired) electrons. The molecule has 0 aliphatic rings. The molecule has 2 N–H and O–H groups in total. The Morgan fingerprint density at radius 1 is 1.42 bits per heavy atom. The fraction of sp³-hybridized carbons (Fsp3) is 0.917. The van der Waals surface area contributed by atoms with Gasteiger partial charge in [-0.1, -0.05) is 0 Å². The zero-order valence-electron chi connectivity index (χ0n) is 11.6. The molecule has 0 heterocycles. The van der Waals surface area contributed by atoms with Crippen LogP contribution in [0.5, 0.6) is 0 Å². The van der Waals surface area contributed by atoms with Crippen molar-refractivity contribution >= 4 is 5.91 Å². The lowest BCUT2D eigenvalue weighted by Gasteiger charge is -2.20. The second kappa shape index (κ2) is 11.1. The molecule has 0 aromatic carbocycles. The Morgan fingerprint density at radius 3 is 2.63 bits per heavy atom. The van der Waals surface area contributed by atoms with Gasteiger partial charge in [-0.2, -0.15) is 0 Å². The number of hydrogen-bond acceptors (Lipinski definition) is 4. The summed E-state index contributed by atoms with van der Waals surface area (Å²) in [6, 6.07) is 0. The van der Waals surface area contributed by atoms with E-state index in [4.69, 9.17) is 9.84 Å². The van der Waals surface area contributed by atoms with Crippen LogP contribution in [-0.2, 0) is 9.53 Å². The number of carbonyl (C=O) groups excluding carboxylic acids is 1. The van der Waals surface area contributed by atoms with Gasteiger partial charge in [0.1, 0.15) is 0 Å². The third kappa shape index (κ3) is 12.0. The Labute approximate surface area is 112 Å². The van der Waals surface area contributed by atoms with E-state index in [1.807, 2.05) is 13.8 Å². The summed E-state index contributed by atoms with van der Waals surface area (Å²) in [7, 11) is 0. The molecule has 114 valence electrons. The Hall–Kier alpha value is -0.790. The highest BCUT2D eigenvalue weighted by Gasteiger charge is 2.14. The maximum atomic E-state index is 12.2. The number of halogens is 2. The van der Waals surface area contributed by atoms with Crippen LogP contribution >= 0.6 is 0 Å². The van der Waals surface area contributed by atoms with E-state index in [9.17, 15) is 13.6 Å². The van der Waals surface area contributed by atoms with E-state index >= 15 is 0 Å². The van der Waals surface area contributed by atoms with Crippen molar-refractivity contribution in [3.8, 4) is 0 Å². The van der Waals surface area contributed by atoms with Gasteiger partial charge in [-0.15, -0.1) is 0 Å². The number of aliphatic hydroxyl groups is 1. The highest BCUT2D eigenvalue weighted by atomic mass is 19.3. The summed E-state index contributed by atoms with van der Waals surface area (Å²) in [5.41, 5.74) is 0. The molecule has 0 atom stereocenters. The molecule has 0 saturated carbocycles. The summed E-state index contributed by atoms with van der Waals surface area (Å²) in [4.78, 5) is 12.7. The fourth-order valence-electron chi connectivity index (χ4n) is 1.45. The number of ether oxygens (including phenoxy) is 1. The maximum Gasteiger partial charge on any atom is 0.251 e. The molecule has 0 aromatic rings. The number of alkyl halides is 2. The number of rotatable bonds is 11. The quantitative estimate of drug-likeness (QED) is 0.541. The zero-order chi connectivity index (χ0) is 14.7. The number of nitrogens with one attached hydrogen (secondary N) is 1. The Balaban J connectivity index is 3.74. The van der Waals surface area contributed by atoms with E-state index in [2.05, 4.69) is 5.32 Å². The van der Waals surface area contributed by atoms with Crippen LogP contribution in [0.2, 0.25) is 0 Å². The fourth-order valence-corrected chi connectivity index (χ4v) is 1.45. The number of carbonyl (C=O) groups is 1. The molecule has 5 nitrogen and oxygen atoms in total. The predicted octanol–water partition coefficient (Wildman–Crippen LogP) is 0.477. The first-order chi connectivity index (χ1) is 8.95. The average Bonchev–Trinajstić information content (AvgIpc) is 2.27. The van der Waals surface area contributed by atoms with E-state index in [-0.39, 0.29) is 31.7 Å². The molecule has 0 spiro atoms. The molecule has 0 rings (SSSR count). The Morgan fingerprint density at radius 2 is 2.11 bits per heavy atom. The van der Waals surface area contributed by atoms with Crippen molar-refractivity contribution in [1.29, 1.82) is 0 Å². The third-order valence-electron chi connectivity index (χ3n) is 2.27. The van der Waals surface area contributed by atoms with Crippen LogP contribution in [0.3, 0.4) is 0 Å². The van der Waals surface area contributed by atoms with Crippen LogP contribution in [0.25, 0.3) is 0 Å². The second-order valence-corrected chi connectivity index (χ2v) is 4.47. The van der Waals surface area contributed by atoms with Crippen molar-refractivity contribution in [1.82, 2.24) is 10.2 Å². The SMILES string of the molecule is CC(C)OCCCNC(=O)CN(CCO)CC(F)F. The van der Waals surface area contributed by atoms with Gasteiger partial charge < -0.3 is 15.2 Å². The van der Waals surface area contributed by atoms with Crippen LogP contribution in [0.15, 0.2) is 0 Å². The molecule has 0 bridgehead atoms. The number of aliphatic hydroxyl groups excluding tert-OH is 1. The molecule has 7 heteroatoms. The standard InChI is InChI=1S/C12H24F2N2O3/c1-10(2)19-7-3-4-15-12(18)9-16(5-6-17)8-11(13)14/h10-11,17H,3-9H2,1-2H3,(H,15,18). The summed E-state index contributed by atoms with van der Waals surface area (Å²) in [6.45, 7) is 4.03. The highest BCUT2D eigenvalue weighted by molar-refractivity contribution is 5.77. The van der Waals surface area contributed by atoms with Gasteiger partial charge in [0.05, 0.1) is 25.8 Å². The Kier molecular flexibility index (Phi) is 10.6. The summed E-state index contributed by atoms with van der Waals surface area (Å²) >= 11 is 0. The second-order valence-electron chi connectivity index (χ2n) is 4.47. The van der Waals surface area contributed by atoms with Gasteiger partial charge in [0.25, 0.3) is 6.43 Å². The van der Waals surface area contributed by atoms with Crippen LogP contribution < -0.4 is 5.32 Å². The normalized spacial score (nSPS) is 11.6. The van der Waals surface area contributed by atoms with E-state index < -0.39 is 13.0 Å². The molecule has 0 unspecified atom stereocenters. The summed E-state index contributed by atoms with van der Waals surface area (Å²) in [5.74, 6) is -0.321.